The molecule has 1 aromatic heterocycles. The maximum atomic E-state index is 12.7. The lowest BCUT2D eigenvalue weighted by Gasteiger charge is -2.37. The zero-order valence-electron chi connectivity index (χ0n) is 21.3. The van der Waals surface area contributed by atoms with E-state index in [1.54, 1.807) is 17.2 Å². The fraction of sp³-hybridized carbons (Fsp3) is 0.520. The van der Waals surface area contributed by atoms with E-state index < -0.39 is 23.9 Å². The highest BCUT2D eigenvalue weighted by Crippen LogP contribution is 2.44. The number of piperazine rings is 1. The van der Waals surface area contributed by atoms with Gasteiger partial charge in [-0.3, -0.25) is 19.6 Å². The molecule has 12 nitrogen and oxygen atoms in total. The van der Waals surface area contributed by atoms with Gasteiger partial charge in [0.15, 0.2) is 0 Å². The van der Waals surface area contributed by atoms with E-state index in [1.807, 2.05) is 24.3 Å². The van der Waals surface area contributed by atoms with Crippen molar-refractivity contribution in [1.29, 1.82) is 0 Å². The summed E-state index contributed by atoms with van der Waals surface area (Å²) in [4.78, 5) is 47.2. The normalized spacial score (nSPS) is 24.3. The van der Waals surface area contributed by atoms with Crippen LogP contribution in [0.25, 0.3) is 5.69 Å². The van der Waals surface area contributed by atoms with Crippen LogP contribution in [0.1, 0.15) is 12.5 Å². The summed E-state index contributed by atoms with van der Waals surface area (Å²) in [5, 5.41) is 12.0. The van der Waals surface area contributed by atoms with Crippen molar-refractivity contribution in [1.82, 2.24) is 24.3 Å². The van der Waals surface area contributed by atoms with E-state index in [0.29, 0.717) is 49.7 Å². The van der Waals surface area contributed by atoms with Gasteiger partial charge in [-0.25, -0.2) is 9.59 Å². The Morgan fingerprint density at radius 3 is 2.26 bits per heavy atom. The molecule has 5 rings (SSSR count). The van der Waals surface area contributed by atoms with E-state index in [9.17, 15) is 19.5 Å². The molecule has 3 amide bonds. The molecule has 6 N–H and O–H groups in total. The third kappa shape index (κ3) is 5.69. The lowest BCUT2D eigenvalue weighted by Crippen LogP contribution is -2.60. The lowest BCUT2D eigenvalue weighted by molar-refractivity contribution is -0.139. The van der Waals surface area contributed by atoms with E-state index in [1.165, 1.54) is 22.0 Å². The van der Waals surface area contributed by atoms with Gasteiger partial charge in [-0.1, -0.05) is 12.1 Å². The number of benzene rings is 1. The first-order chi connectivity index (χ1) is 17.7. The average molecular weight is 547 g/mol. The summed E-state index contributed by atoms with van der Waals surface area (Å²) in [6.45, 7) is 5.19. The number of aliphatic hydroxyl groups excluding tert-OH is 1. The van der Waals surface area contributed by atoms with Gasteiger partial charge in [-0.15, -0.1) is 12.4 Å². The second kappa shape index (κ2) is 11.0. The Hall–Kier alpha value is -3.03. The van der Waals surface area contributed by atoms with Gasteiger partial charge >= 0.3 is 11.7 Å². The summed E-state index contributed by atoms with van der Waals surface area (Å²) >= 11 is 0. The number of rotatable bonds is 6. The van der Waals surface area contributed by atoms with Crippen molar-refractivity contribution in [3.8, 4) is 5.69 Å². The number of likely N-dealkylation sites (tertiary alicyclic amines) is 1. The zero-order valence-corrected chi connectivity index (χ0v) is 22.1. The van der Waals surface area contributed by atoms with Gasteiger partial charge in [-0.2, -0.15) is 4.98 Å². The van der Waals surface area contributed by atoms with Crippen LogP contribution >= 0.6 is 12.4 Å². The number of carbonyl (C=O) groups excluding carboxylic acids is 2. The van der Waals surface area contributed by atoms with Crippen LogP contribution in [0.5, 0.6) is 0 Å². The van der Waals surface area contributed by atoms with Crippen molar-refractivity contribution < 1.29 is 14.7 Å². The first-order valence-electron chi connectivity index (χ1n) is 12.6. The third-order valence-electron chi connectivity index (χ3n) is 7.67. The van der Waals surface area contributed by atoms with E-state index in [-0.39, 0.29) is 24.1 Å². The van der Waals surface area contributed by atoms with Gasteiger partial charge in [0.05, 0.1) is 12.3 Å². The maximum Gasteiger partial charge on any atom is 0.354 e. The predicted molar refractivity (Wildman–Crippen MR) is 144 cm³/mol. The number of anilines is 1. The molecule has 0 spiro atoms. The minimum Gasteiger partial charge on any atom is -0.394 e. The smallest absolute Gasteiger partial charge is 0.354 e. The van der Waals surface area contributed by atoms with Gasteiger partial charge in [0.1, 0.15) is 11.4 Å². The number of aromatic nitrogens is 2. The summed E-state index contributed by atoms with van der Waals surface area (Å²) in [7, 11) is 0. The van der Waals surface area contributed by atoms with E-state index >= 15 is 0 Å². The molecular weight excluding hydrogens is 512 g/mol. The number of aliphatic hydroxyl groups is 1. The monoisotopic (exact) mass is 546 g/mol. The number of fused-ring (bicyclic) bond motifs is 1. The largest absolute Gasteiger partial charge is 0.394 e. The van der Waals surface area contributed by atoms with E-state index in [0.717, 1.165) is 19.6 Å². The van der Waals surface area contributed by atoms with Crippen molar-refractivity contribution in [2.24, 2.45) is 23.3 Å². The third-order valence-corrected chi connectivity index (χ3v) is 7.67. The van der Waals surface area contributed by atoms with Crippen molar-refractivity contribution in [3.63, 3.8) is 0 Å². The number of nitrogens with two attached hydrogens (primary N) is 2. The molecule has 3 fully saturated rings. The average Bonchev–Trinajstić information content (AvgIpc) is 3.28. The number of nitrogens with one attached hydrogen (secondary N) is 1. The Morgan fingerprint density at radius 2 is 1.68 bits per heavy atom. The van der Waals surface area contributed by atoms with Crippen LogP contribution in [-0.4, -0.2) is 98.8 Å². The van der Waals surface area contributed by atoms with Crippen molar-refractivity contribution in [2.75, 3.05) is 51.2 Å². The molecule has 13 heteroatoms. The predicted octanol–water partition coefficient (Wildman–Crippen LogP) is -0.571. The van der Waals surface area contributed by atoms with Crippen LogP contribution in [-0.2, 0) is 11.3 Å². The molecule has 1 aromatic carbocycles. The number of nitrogens with zero attached hydrogens (tertiary/aromatic N) is 5. The van der Waals surface area contributed by atoms with Gasteiger partial charge in [0.25, 0.3) is 0 Å². The van der Waals surface area contributed by atoms with Crippen molar-refractivity contribution in [2.45, 2.75) is 25.0 Å². The van der Waals surface area contributed by atoms with Gasteiger partial charge < -0.3 is 26.4 Å². The van der Waals surface area contributed by atoms with E-state index in [2.05, 4.69) is 15.2 Å². The highest BCUT2D eigenvalue weighted by atomic mass is 35.5. The maximum absolute atomic E-state index is 12.7. The first-order valence-corrected chi connectivity index (χ1v) is 12.6. The number of hydrogen-bond acceptors (Lipinski definition) is 8. The molecule has 2 saturated heterocycles. The van der Waals surface area contributed by atoms with Crippen LogP contribution in [0.3, 0.4) is 0 Å². The molecule has 3 heterocycles. The van der Waals surface area contributed by atoms with Crippen LogP contribution in [0, 0.1) is 11.8 Å². The highest BCUT2D eigenvalue weighted by Gasteiger charge is 2.53. The molecule has 0 bridgehead atoms. The van der Waals surface area contributed by atoms with Gasteiger partial charge in [-0.05, 0) is 42.5 Å². The fourth-order valence-corrected chi connectivity index (χ4v) is 5.21. The molecule has 38 heavy (non-hydrogen) atoms. The van der Waals surface area contributed by atoms with Crippen LogP contribution in [0.4, 0.5) is 10.6 Å². The second-order valence-electron chi connectivity index (χ2n) is 10.5. The molecule has 206 valence electrons. The number of piperidine rings is 1. The molecule has 1 saturated carbocycles. The summed E-state index contributed by atoms with van der Waals surface area (Å²) in [5.74, 6) is 1.10. The Morgan fingerprint density at radius 1 is 1.08 bits per heavy atom. The fourth-order valence-electron chi connectivity index (χ4n) is 5.21. The minimum absolute atomic E-state index is 0. The number of hydrogen-bond donors (Lipinski definition) is 4. The second-order valence-corrected chi connectivity index (χ2v) is 10.5. The number of carbonyl (C=O) groups is 2. The van der Waals surface area contributed by atoms with Crippen molar-refractivity contribution >= 4 is 30.2 Å². The lowest BCUT2D eigenvalue weighted by atomic mass is 10.0. The minimum atomic E-state index is -1.35. The van der Waals surface area contributed by atoms with E-state index in [4.69, 9.17) is 11.5 Å². The summed E-state index contributed by atoms with van der Waals surface area (Å²) in [6.07, 6.45) is 1.59. The zero-order chi connectivity index (χ0) is 26.3. The Labute approximate surface area is 227 Å². The molecule has 3 aliphatic rings. The van der Waals surface area contributed by atoms with Gasteiger partial charge in [0.2, 0.25) is 5.91 Å². The number of urea groups is 1. The van der Waals surface area contributed by atoms with Crippen LogP contribution < -0.4 is 22.5 Å². The number of amides is 3. The topological polar surface area (TPSA) is 163 Å². The SMILES string of the molecule is C[C@@](N)(CO)C(=O)N1CCN(C(=O)Nc2ccn(-c3ccc(CN4CC5C(N)C5C4)cc3)c(=O)n2)CC1.Cl. The van der Waals surface area contributed by atoms with Crippen LogP contribution in [0.15, 0.2) is 41.3 Å². The van der Waals surface area contributed by atoms with Crippen LogP contribution in [0.2, 0.25) is 0 Å². The Kier molecular flexibility index (Phi) is 8.09. The quantitative estimate of drug-likeness (QED) is 0.374. The molecular formula is C25H35ClN8O4. The first kappa shape index (κ1) is 28.0. The Bertz CT molecular complexity index is 1220. The van der Waals surface area contributed by atoms with Crippen molar-refractivity contribution in [3.05, 3.63) is 52.6 Å². The molecule has 2 aliphatic heterocycles. The molecule has 2 unspecified atom stereocenters. The standard InChI is InChI=1S/C25H34N8O4.ClH/c1-25(27,15-34)22(35)31-8-10-32(11-9-31)23(36)28-20-6-7-33(24(37)29-20)17-4-2-16(3-5-17)12-30-13-18-19(14-30)21(18)26;/h2-7,18-19,21,34H,8-15,26-27H2,1H3,(H,28,29,36,37);1H/t18?,19?,21?,25-;/m1./s1. The Balaban J connectivity index is 0.00000336. The molecule has 1 aliphatic carbocycles. The van der Waals surface area contributed by atoms with Gasteiger partial charge in [0, 0.05) is 58.1 Å². The summed E-state index contributed by atoms with van der Waals surface area (Å²) in [5.41, 5.74) is 11.9. The molecule has 3 atom stereocenters. The molecule has 0 radical (unpaired) electrons. The molecule has 2 aromatic rings. The summed E-state index contributed by atoms with van der Waals surface area (Å²) in [6, 6.07) is 9.37. The number of halogens is 1. The summed E-state index contributed by atoms with van der Waals surface area (Å²) < 4.78 is 1.43. The highest BCUT2D eigenvalue weighted by molar-refractivity contribution is 5.89.